The molecule has 1 aliphatic heterocycles. The van der Waals surface area contributed by atoms with Gasteiger partial charge in [-0.05, 0) is 48.9 Å². The fourth-order valence-electron chi connectivity index (χ4n) is 2.41. The molecule has 0 saturated carbocycles. The topological polar surface area (TPSA) is 26.3 Å². The molecule has 20 heavy (non-hydrogen) atoms. The number of carbonyl (C=O) groups excluding carboxylic acids is 1. The number of rotatable bonds is 2. The third-order valence-corrected chi connectivity index (χ3v) is 3.96. The van der Waals surface area contributed by atoms with Gasteiger partial charge in [0.25, 0.3) is 0 Å². The van der Waals surface area contributed by atoms with Crippen molar-refractivity contribution in [2.24, 2.45) is 0 Å². The van der Waals surface area contributed by atoms with Gasteiger partial charge in [0, 0.05) is 27.0 Å². The highest BCUT2D eigenvalue weighted by Gasteiger charge is 2.21. The van der Waals surface area contributed by atoms with Crippen LogP contribution in [0.2, 0.25) is 5.02 Å². The van der Waals surface area contributed by atoms with E-state index < -0.39 is 0 Å². The summed E-state index contributed by atoms with van der Waals surface area (Å²) in [4.78, 5) is 12.5. The molecule has 0 N–H and O–H groups in total. The summed E-state index contributed by atoms with van der Waals surface area (Å²) in [6.07, 6.45) is 1.02. The van der Waals surface area contributed by atoms with Gasteiger partial charge in [0.05, 0.1) is 0 Å². The number of hydrogen-bond donors (Lipinski definition) is 0. The Morgan fingerprint density at radius 2 is 2.05 bits per heavy atom. The summed E-state index contributed by atoms with van der Waals surface area (Å²) < 4.78 is 6.44. The van der Waals surface area contributed by atoms with Gasteiger partial charge in [0.15, 0.2) is 5.78 Å². The van der Waals surface area contributed by atoms with Gasteiger partial charge in [0.2, 0.25) is 0 Å². The van der Waals surface area contributed by atoms with E-state index in [2.05, 4.69) is 15.9 Å². The highest BCUT2D eigenvalue weighted by atomic mass is 79.9. The van der Waals surface area contributed by atoms with Crippen LogP contribution >= 0.6 is 27.5 Å². The zero-order valence-electron chi connectivity index (χ0n) is 10.8. The van der Waals surface area contributed by atoms with Crippen molar-refractivity contribution in [1.29, 1.82) is 0 Å². The van der Waals surface area contributed by atoms with Gasteiger partial charge in [-0.25, -0.2) is 0 Å². The normalized spacial score (nSPS) is 16.6. The zero-order valence-corrected chi connectivity index (χ0v) is 13.2. The molecule has 0 amide bonds. The first-order chi connectivity index (χ1) is 9.52. The van der Waals surface area contributed by atoms with Gasteiger partial charge >= 0.3 is 0 Å². The van der Waals surface area contributed by atoms with Gasteiger partial charge in [-0.15, -0.1) is 0 Å². The summed E-state index contributed by atoms with van der Waals surface area (Å²) in [7, 11) is 0. The fourth-order valence-corrected chi connectivity index (χ4v) is 3.28. The highest BCUT2D eigenvalue weighted by Crippen LogP contribution is 2.30. The van der Waals surface area contributed by atoms with Gasteiger partial charge in [0.1, 0.15) is 11.9 Å². The minimum absolute atomic E-state index is 0.0319. The quantitative estimate of drug-likeness (QED) is 0.736. The number of ketones is 1. The Balaban J connectivity index is 1.97. The SMILES string of the molecule is CC1Cc2cc(C(=O)c3cc(Cl)cc(Br)c3)ccc2O1. The number of hydrogen-bond acceptors (Lipinski definition) is 2. The Hall–Kier alpha value is -1.32. The summed E-state index contributed by atoms with van der Waals surface area (Å²) in [5, 5.41) is 0.542. The van der Waals surface area contributed by atoms with Gasteiger partial charge in [-0.1, -0.05) is 27.5 Å². The van der Waals surface area contributed by atoms with Crippen LogP contribution in [-0.4, -0.2) is 11.9 Å². The van der Waals surface area contributed by atoms with E-state index in [9.17, 15) is 4.79 Å². The first-order valence-corrected chi connectivity index (χ1v) is 7.50. The van der Waals surface area contributed by atoms with Crippen LogP contribution in [0.1, 0.15) is 28.4 Å². The molecule has 0 spiro atoms. The Morgan fingerprint density at radius 3 is 2.80 bits per heavy atom. The number of fused-ring (bicyclic) bond motifs is 1. The lowest BCUT2D eigenvalue weighted by molar-refractivity contribution is 0.103. The molecule has 0 radical (unpaired) electrons. The monoisotopic (exact) mass is 350 g/mol. The Bertz CT molecular complexity index is 677. The first-order valence-electron chi connectivity index (χ1n) is 6.33. The van der Waals surface area contributed by atoms with Crippen LogP contribution in [0, 0.1) is 0 Å². The van der Waals surface area contributed by atoms with Crippen molar-refractivity contribution < 1.29 is 9.53 Å². The second kappa shape index (κ2) is 5.23. The summed E-state index contributed by atoms with van der Waals surface area (Å²) in [5.41, 5.74) is 2.33. The zero-order chi connectivity index (χ0) is 14.3. The lowest BCUT2D eigenvalue weighted by Crippen LogP contribution is -2.05. The summed E-state index contributed by atoms with van der Waals surface area (Å²) in [6.45, 7) is 2.02. The maximum absolute atomic E-state index is 12.5. The minimum atomic E-state index is -0.0319. The molecule has 3 rings (SSSR count). The standard InChI is InChI=1S/C16H12BrClO2/c1-9-4-11-5-10(2-3-15(11)20-9)16(19)12-6-13(17)8-14(18)7-12/h2-3,5-9H,4H2,1H3. The van der Waals surface area contributed by atoms with Crippen LogP contribution in [0.25, 0.3) is 0 Å². The van der Waals surface area contributed by atoms with Crippen LogP contribution in [0.3, 0.4) is 0 Å². The van der Waals surface area contributed by atoms with Crippen molar-refractivity contribution in [2.45, 2.75) is 19.4 Å². The van der Waals surface area contributed by atoms with Crippen molar-refractivity contribution >= 4 is 33.3 Å². The van der Waals surface area contributed by atoms with E-state index in [4.69, 9.17) is 16.3 Å². The fraction of sp³-hybridized carbons (Fsp3) is 0.188. The molecule has 2 nitrogen and oxygen atoms in total. The van der Waals surface area contributed by atoms with Gasteiger partial charge in [-0.2, -0.15) is 0 Å². The van der Waals surface area contributed by atoms with Crippen molar-refractivity contribution in [3.8, 4) is 5.75 Å². The number of carbonyl (C=O) groups is 1. The maximum atomic E-state index is 12.5. The van der Waals surface area contributed by atoms with Crippen LogP contribution in [0.5, 0.6) is 5.75 Å². The van der Waals surface area contributed by atoms with Crippen LogP contribution in [-0.2, 0) is 6.42 Å². The smallest absolute Gasteiger partial charge is 0.193 e. The Labute approximate surface area is 130 Å². The molecule has 0 saturated heterocycles. The lowest BCUT2D eigenvalue weighted by Gasteiger charge is -2.05. The average Bonchev–Trinajstić information content (AvgIpc) is 2.75. The molecule has 2 aromatic rings. The molecule has 1 aliphatic rings. The molecule has 102 valence electrons. The second-order valence-corrected chi connectivity index (χ2v) is 6.29. The van der Waals surface area contributed by atoms with E-state index in [1.54, 1.807) is 24.3 Å². The second-order valence-electron chi connectivity index (χ2n) is 4.94. The molecule has 1 heterocycles. The molecular weight excluding hydrogens is 340 g/mol. The Morgan fingerprint density at radius 1 is 1.25 bits per heavy atom. The van der Waals surface area contributed by atoms with Crippen molar-refractivity contribution in [2.75, 3.05) is 0 Å². The predicted octanol–water partition coefficient (Wildman–Crippen LogP) is 4.66. The predicted molar refractivity (Wildman–Crippen MR) is 82.8 cm³/mol. The first kappa shape index (κ1) is 13.7. The number of halogens is 2. The van der Waals surface area contributed by atoms with Crippen molar-refractivity contribution in [3.05, 3.63) is 62.6 Å². The van der Waals surface area contributed by atoms with Gasteiger partial charge in [-0.3, -0.25) is 4.79 Å². The molecule has 1 atom stereocenters. The van der Waals surface area contributed by atoms with Gasteiger partial charge < -0.3 is 4.74 Å². The average molecular weight is 352 g/mol. The molecule has 0 aromatic heterocycles. The largest absolute Gasteiger partial charge is 0.490 e. The van der Waals surface area contributed by atoms with E-state index in [0.717, 1.165) is 22.2 Å². The summed E-state index contributed by atoms with van der Waals surface area (Å²) in [6, 6.07) is 10.8. The van der Waals surface area contributed by atoms with Crippen LogP contribution in [0.15, 0.2) is 40.9 Å². The van der Waals surface area contributed by atoms with E-state index in [1.807, 2.05) is 19.1 Å². The summed E-state index contributed by atoms with van der Waals surface area (Å²) in [5.74, 6) is 0.844. The van der Waals surface area contributed by atoms with Crippen LogP contribution < -0.4 is 4.74 Å². The molecule has 2 aromatic carbocycles. The summed E-state index contributed by atoms with van der Waals surface area (Å²) >= 11 is 9.35. The maximum Gasteiger partial charge on any atom is 0.193 e. The molecule has 0 fully saturated rings. The minimum Gasteiger partial charge on any atom is -0.490 e. The third-order valence-electron chi connectivity index (χ3n) is 3.28. The van der Waals surface area contributed by atoms with E-state index in [-0.39, 0.29) is 11.9 Å². The number of ether oxygens (including phenoxy) is 1. The Kier molecular flexibility index (Phi) is 3.57. The van der Waals surface area contributed by atoms with Crippen LogP contribution in [0.4, 0.5) is 0 Å². The lowest BCUT2D eigenvalue weighted by atomic mass is 10.00. The van der Waals surface area contributed by atoms with E-state index in [1.165, 1.54) is 0 Å². The molecular formula is C16H12BrClO2. The molecule has 4 heteroatoms. The van der Waals surface area contributed by atoms with E-state index in [0.29, 0.717) is 16.1 Å². The molecule has 1 unspecified atom stereocenters. The highest BCUT2D eigenvalue weighted by molar-refractivity contribution is 9.10. The van der Waals surface area contributed by atoms with Crippen molar-refractivity contribution in [3.63, 3.8) is 0 Å². The van der Waals surface area contributed by atoms with E-state index >= 15 is 0 Å². The van der Waals surface area contributed by atoms with Crippen molar-refractivity contribution in [1.82, 2.24) is 0 Å². The molecule has 0 aliphatic carbocycles. The third kappa shape index (κ3) is 2.60. The number of benzene rings is 2. The molecule has 0 bridgehead atoms.